The molecule has 0 bridgehead atoms. The number of nitrogens with one attached hydrogen (secondary N) is 1. The second kappa shape index (κ2) is 4.30. The van der Waals surface area contributed by atoms with Crippen molar-refractivity contribution in [1.82, 2.24) is 4.98 Å². The number of hydrogen-bond acceptors (Lipinski definition) is 2. The SMILES string of the molecule is COC(=O)N1CCc2c1ccc1c(C(C)C)c[nH]c21. The van der Waals surface area contributed by atoms with E-state index in [1.165, 1.54) is 23.6 Å². The number of hydrogen-bond donors (Lipinski definition) is 1. The van der Waals surface area contributed by atoms with Gasteiger partial charge >= 0.3 is 6.09 Å². The van der Waals surface area contributed by atoms with Crippen LogP contribution in [0.1, 0.15) is 30.9 Å². The molecule has 2 heterocycles. The molecular weight excluding hydrogens is 240 g/mol. The van der Waals surface area contributed by atoms with Crippen LogP contribution in [0.2, 0.25) is 0 Å². The van der Waals surface area contributed by atoms with Crippen molar-refractivity contribution in [2.75, 3.05) is 18.6 Å². The van der Waals surface area contributed by atoms with Crippen molar-refractivity contribution in [3.63, 3.8) is 0 Å². The van der Waals surface area contributed by atoms with Gasteiger partial charge in [-0.15, -0.1) is 0 Å². The maximum absolute atomic E-state index is 11.7. The maximum Gasteiger partial charge on any atom is 0.414 e. The van der Waals surface area contributed by atoms with Crippen molar-refractivity contribution in [1.29, 1.82) is 0 Å². The minimum atomic E-state index is -0.284. The molecule has 1 amide bonds. The van der Waals surface area contributed by atoms with Crippen LogP contribution in [0.15, 0.2) is 18.3 Å². The quantitative estimate of drug-likeness (QED) is 0.851. The minimum absolute atomic E-state index is 0.284. The second-order valence-corrected chi connectivity index (χ2v) is 5.26. The molecule has 4 heteroatoms. The first-order valence-electron chi connectivity index (χ1n) is 6.61. The molecule has 1 N–H and O–H groups in total. The summed E-state index contributed by atoms with van der Waals surface area (Å²) in [7, 11) is 1.42. The third-order valence-electron chi connectivity index (χ3n) is 3.86. The molecule has 0 saturated carbocycles. The molecule has 0 saturated heterocycles. The molecule has 100 valence electrons. The second-order valence-electron chi connectivity index (χ2n) is 5.26. The zero-order chi connectivity index (χ0) is 13.6. The number of rotatable bonds is 1. The molecule has 0 radical (unpaired) electrons. The van der Waals surface area contributed by atoms with Crippen LogP contribution < -0.4 is 4.90 Å². The number of amides is 1. The van der Waals surface area contributed by atoms with E-state index in [-0.39, 0.29) is 6.09 Å². The first kappa shape index (κ1) is 12.1. The van der Waals surface area contributed by atoms with Gasteiger partial charge in [0.15, 0.2) is 0 Å². The third-order valence-corrected chi connectivity index (χ3v) is 3.86. The number of anilines is 1. The fourth-order valence-corrected chi connectivity index (χ4v) is 2.90. The highest BCUT2D eigenvalue weighted by Crippen LogP contribution is 2.36. The van der Waals surface area contributed by atoms with E-state index in [0.29, 0.717) is 12.5 Å². The standard InChI is InChI=1S/C15H18N2O2/c1-9(2)12-8-16-14-10(12)4-5-13-11(14)6-7-17(13)15(18)19-3/h4-5,8-9,16H,6-7H2,1-3H3. The summed E-state index contributed by atoms with van der Waals surface area (Å²) in [6, 6.07) is 4.13. The van der Waals surface area contributed by atoms with E-state index in [0.717, 1.165) is 17.6 Å². The first-order chi connectivity index (χ1) is 9.13. The predicted octanol–water partition coefficient (Wildman–Crippen LogP) is 3.42. The molecular formula is C15H18N2O2. The molecule has 0 fully saturated rings. The Balaban J connectivity index is 2.14. The van der Waals surface area contributed by atoms with Crippen LogP contribution in [-0.2, 0) is 11.2 Å². The van der Waals surface area contributed by atoms with Crippen molar-refractivity contribution in [2.45, 2.75) is 26.2 Å². The molecule has 19 heavy (non-hydrogen) atoms. The van der Waals surface area contributed by atoms with Crippen LogP contribution in [0.4, 0.5) is 10.5 Å². The Labute approximate surface area is 112 Å². The summed E-state index contributed by atoms with van der Waals surface area (Å²) >= 11 is 0. The van der Waals surface area contributed by atoms with E-state index in [9.17, 15) is 4.79 Å². The normalized spacial score (nSPS) is 14.2. The zero-order valence-electron chi connectivity index (χ0n) is 11.5. The number of carbonyl (C=O) groups is 1. The molecule has 0 atom stereocenters. The van der Waals surface area contributed by atoms with Gasteiger partial charge < -0.3 is 9.72 Å². The summed E-state index contributed by atoms with van der Waals surface area (Å²) in [6.07, 6.45) is 2.67. The Kier molecular flexibility index (Phi) is 2.73. The van der Waals surface area contributed by atoms with Crippen molar-refractivity contribution < 1.29 is 9.53 Å². The number of carbonyl (C=O) groups excluding carboxylic acids is 1. The Hall–Kier alpha value is -1.97. The van der Waals surface area contributed by atoms with Gasteiger partial charge in [0, 0.05) is 23.7 Å². The summed E-state index contributed by atoms with van der Waals surface area (Å²) < 4.78 is 4.82. The average Bonchev–Trinajstić information content (AvgIpc) is 3.00. The lowest BCUT2D eigenvalue weighted by molar-refractivity contribution is 0.179. The van der Waals surface area contributed by atoms with Gasteiger partial charge in [0.25, 0.3) is 0 Å². The van der Waals surface area contributed by atoms with E-state index in [1.807, 2.05) is 6.07 Å². The van der Waals surface area contributed by atoms with E-state index < -0.39 is 0 Å². The lowest BCUT2D eigenvalue weighted by Crippen LogP contribution is -2.28. The van der Waals surface area contributed by atoms with Crippen LogP contribution in [0.5, 0.6) is 0 Å². The topological polar surface area (TPSA) is 45.3 Å². The Morgan fingerprint density at radius 3 is 2.89 bits per heavy atom. The lowest BCUT2D eigenvalue weighted by Gasteiger charge is -2.15. The molecule has 0 aliphatic carbocycles. The van der Waals surface area contributed by atoms with Crippen molar-refractivity contribution in [3.8, 4) is 0 Å². The van der Waals surface area contributed by atoms with Crippen molar-refractivity contribution in [3.05, 3.63) is 29.5 Å². The number of aromatic nitrogens is 1. The monoisotopic (exact) mass is 258 g/mol. The molecule has 2 aromatic rings. The molecule has 1 aromatic heterocycles. The van der Waals surface area contributed by atoms with Crippen LogP contribution in [0.3, 0.4) is 0 Å². The fourth-order valence-electron chi connectivity index (χ4n) is 2.90. The van der Waals surface area contributed by atoms with E-state index in [4.69, 9.17) is 4.74 Å². The van der Waals surface area contributed by atoms with E-state index >= 15 is 0 Å². The summed E-state index contributed by atoms with van der Waals surface area (Å²) in [5, 5.41) is 1.26. The summed E-state index contributed by atoms with van der Waals surface area (Å²) in [6.45, 7) is 5.07. The number of ether oxygens (including phenoxy) is 1. The van der Waals surface area contributed by atoms with Crippen LogP contribution >= 0.6 is 0 Å². The molecule has 0 unspecified atom stereocenters. The fraction of sp³-hybridized carbons (Fsp3) is 0.400. The van der Waals surface area contributed by atoms with Gasteiger partial charge in [-0.3, -0.25) is 4.90 Å². The van der Waals surface area contributed by atoms with Crippen LogP contribution in [0.25, 0.3) is 10.9 Å². The molecule has 3 rings (SSSR count). The van der Waals surface area contributed by atoms with Gasteiger partial charge in [-0.2, -0.15) is 0 Å². The van der Waals surface area contributed by atoms with Crippen LogP contribution in [0, 0.1) is 0 Å². The minimum Gasteiger partial charge on any atom is -0.452 e. The lowest BCUT2D eigenvalue weighted by atomic mass is 10.0. The largest absolute Gasteiger partial charge is 0.452 e. The van der Waals surface area contributed by atoms with Crippen LogP contribution in [-0.4, -0.2) is 24.7 Å². The van der Waals surface area contributed by atoms with E-state index in [1.54, 1.807) is 4.90 Å². The maximum atomic E-state index is 11.7. The van der Waals surface area contributed by atoms with Gasteiger partial charge in [-0.1, -0.05) is 19.9 Å². The average molecular weight is 258 g/mol. The number of methoxy groups -OCH3 is 1. The number of aromatic amines is 1. The van der Waals surface area contributed by atoms with Gasteiger partial charge in [0.05, 0.1) is 18.3 Å². The van der Waals surface area contributed by atoms with Crippen molar-refractivity contribution >= 4 is 22.7 Å². The Morgan fingerprint density at radius 2 is 2.21 bits per heavy atom. The van der Waals surface area contributed by atoms with Gasteiger partial charge in [-0.05, 0) is 24.0 Å². The number of nitrogens with zero attached hydrogens (tertiary/aromatic N) is 1. The number of benzene rings is 1. The van der Waals surface area contributed by atoms with E-state index in [2.05, 4.69) is 31.1 Å². The molecule has 4 nitrogen and oxygen atoms in total. The highest BCUT2D eigenvalue weighted by atomic mass is 16.5. The van der Waals surface area contributed by atoms with Crippen molar-refractivity contribution in [2.24, 2.45) is 0 Å². The highest BCUT2D eigenvalue weighted by Gasteiger charge is 2.27. The molecule has 1 aromatic carbocycles. The van der Waals surface area contributed by atoms with Gasteiger partial charge in [0.1, 0.15) is 0 Å². The molecule has 0 spiro atoms. The zero-order valence-corrected chi connectivity index (χ0v) is 11.5. The highest BCUT2D eigenvalue weighted by molar-refractivity contribution is 5.98. The van der Waals surface area contributed by atoms with Gasteiger partial charge in [0.2, 0.25) is 0 Å². The third kappa shape index (κ3) is 1.70. The summed E-state index contributed by atoms with van der Waals surface area (Å²) in [5.74, 6) is 0.491. The number of fused-ring (bicyclic) bond motifs is 3. The van der Waals surface area contributed by atoms with Gasteiger partial charge in [-0.25, -0.2) is 4.79 Å². The molecule has 1 aliphatic rings. The summed E-state index contributed by atoms with van der Waals surface area (Å²) in [5.41, 5.74) is 4.67. The Morgan fingerprint density at radius 1 is 1.42 bits per heavy atom. The Bertz CT molecular complexity index is 643. The summed E-state index contributed by atoms with van der Waals surface area (Å²) in [4.78, 5) is 16.8. The molecule has 1 aliphatic heterocycles. The number of H-pyrrole nitrogens is 1. The predicted molar refractivity (Wildman–Crippen MR) is 75.8 cm³/mol. The smallest absolute Gasteiger partial charge is 0.414 e. The first-order valence-corrected chi connectivity index (χ1v) is 6.61.